The molecule has 16 heavy (non-hydrogen) atoms. The van der Waals surface area contributed by atoms with Gasteiger partial charge in [0.15, 0.2) is 0 Å². The smallest absolute Gasteiger partial charge is 0.263 e. The second-order valence-electron chi connectivity index (χ2n) is 3.32. The van der Waals surface area contributed by atoms with Gasteiger partial charge in [0.1, 0.15) is 5.82 Å². The number of nitrogens with one attached hydrogen (secondary N) is 2. The molecule has 0 bridgehead atoms. The first kappa shape index (κ1) is 10.6. The molecule has 0 atom stereocenters. The molecule has 0 fully saturated rings. The molecule has 5 heteroatoms. The van der Waals surface area contributed by atoms with Gasteiger partial charge < -0.3 is 10.3 Å². The number of halogens is 2. The number of imidazole rings is 1. The fraction of sp³-hybridized carbons (Fsp3) is 0.182. The van der Waals surface area contributed by atoms with E-state index in [-0.39, 0.29) is 5.56 Å². The van der Waals surface area contributed by atoms with Crippen molar-refractivity contribution in [3.63, 3.8) is 0 Å². The molecule has 2 N–H and O–H groups in total. The van der Waals surface area contributed by atoms with Crippen molar-refractivity contribution >= 4 is 5.69 Å². The Hall–Kier alpha value is -1.91. The van der Waals surface area contributed by atoms with Gasteiger partial charge in [-0.2, -0.15) is 0 Å². The van der Waals surface area contributed by atoms with Crippen molar-refractivity contribution in [2.24, 2.45) is 0 Å². The Labute approximate surface area is 91.5 Å². The van der Waals surface area contributed by atoms with Gasteiger partial charge in [-0.1, -0.05) is 12.1 Å². The van der Waals surface area contributed by atoms with Crippen LogP contribution in [-0.2, 0) is 6.54 Å². The Morgan fingerprint density at radius 1 is 1.38 bits per heavy atom. The summed E-state index contributed by atoms with van der Waals surface area (Å²) in [5.41, 5.74) is 0.679. The van der Waals surface area contributed by atoms with Crippen molar-refractivity contribution in [2.45, 2.75) is 13.0 Å². The van der Waals surface area contributed by atoms with Gasteiger partial charge in [0.05, 0.1) is 6.54 Å². The van der Waals surface area contributed by atoms with E-state index in [2.05, 4.69) is 15.3 Å². The van der Waals surface area contributed by atoms with E-state index < -0.39 is 6.43 Å². The minimum absolute atomic E-state index is 0.0180. The van der Waals surface area contributed by atoms with E-state index in [4.69, 9.17) is 0 Å². The molecule has 0 saturated carbocycles. The number of hydrogen-bond acceptors (Lipinski definition) is 2. The van der Waals surface area contributed by atoms with Crippen LogP contribution in [0.2, 0.25) is 0 Å². The van der Waals surface area contributed by atoms with E-state index in [0.29, 0.717) is 12.2 Å². The van der Waals surface area contributed by atoms with Gasteiger partial charge in [-0.05, 0) is 12.1 Å². The number of hydrogen-bond donors (Lipinski definition) is 2. The highest BCUT2D eigenvalue weighted by molar-refractivity contribution is 5.46. The average molecular weight is 223 g/mol. The summed E-state index contributed by atoms with van der Waals surface area (Å²) < 4.78 is 24.8. The van der Waals surface area contributed by atoms with Crippen LogP contribution in [0, 0.1) is 0 Å². The standard InChI is InChI=1S/C11H11F2N3/c12-11(13)8-2-1-3-9(6-8)16-7-10-14-4-5-15-10/h1-6,11,16H,7H2,(H,14,15). The molecule has 1 heterocycles. The molecule has 1 aromatic carbocycles. The van der Waals surface area contributed by atoms with Gasteiger partial charge in [-0.25, -0.2) is 13.8 Å². The van der Waals surface area contributed by atoms with Crippen LogP contribution in [0.5, 0.6) is 0 Å². The third kappa shape index (κ3) is 2.56. The van der Waals surface area contributed by atoms with Crippen LogP contribution in [0.4, 0.5) is 14.5 Å². The number of aromatic nitrogens is 2. The van der Waals surface area contributed by atoms with E-state index in [1.54, 1.807) is 24.5 Å². The zero-order valence-electron chi connectivity index (χ0n) is 8.45. The maximum absolute atomic E-state index is 12.4. The Morgan fingerprint density at radius 3 is 2.94 bits per heavy atom. The lowest BCUT2D eigenvalue weighted by Crippen LogP contribution is -2.01. The fourth-order valence-corrected chi connectivity index (χ4v) is 1.36. The van der Waals surface area contributed by atoms with Gasteiger partial charge in [0.25, 0.3) is 6.43 Å². The number of benzene rings is 1. The Morgan fingerprint density at radius 2 is 2.25 bits per heavy atom. The highest BCUT2D eigenvalue weighted by Crippen LogP contribution is 2.21. The third-order valence-electron chi connectivity index (χ3n) is 2.15. The molecule has 3 nitrogen and oxygen atoms in total. The highest BCUT2D eigenvalue weighted by Gasteiger charge is 2.06. The number of alkyl halides is 2. The van der Waals surface area contributed by atoms with Gasteiger partial charge in [0.2, 0.25) is 0 Å². The minimum Gasteiger partial charge on any atom is -0.378 e. The molecular weight excluding hydrogens is 212 g/mol. The van der Waals surface area contributed by atoms with Crippen molar-refractivity contribution in [1.29, 1.82) is 0 Å². The fourth-order valence-electron chi connectivity index (χ4n) is 1.36. The third-order valence-corrected chi connectivity index (χ3v) is 2.15. The van der Waals surface area contributed by atoms with Crippen molar-refractivity contribution in [1.82, 2.24) is 9.97 Å². The molecule has 84 valence electrons. The highest BCUT2D eigenvalue weighted by atomic mass is 19.3. The molecule has 2 aromatic rings. The topological polar surface area (TPSA) is 40.7 Å². The van der Waals surface area contributed by atoms with Gasteiger partial charge in [-0.3, -0.25) is 0 Å². The summed E-state index contributed by atoms with van der Waals surface area (Å²) in [7, 11) is 0. The summed E-state index contributed by atoms with van der Waals surface area (Å²) in [4.78, 5) is 6.95. The number of rotatable bonds is 4. The molecule has 0 saturated heterocycles. The molecule has 0 amide bonds. The maximum atomic E-state index is 12.4. The summed E-state index contributed by atoms with van der Waals surface area (Å²) in [5, 5.41) is 3.02. The summed E-state index contributed by atoms with van der Waals surface area (Å²) in [5.74, 6) is 0.766. The van der Waals surface area contributed by atoms with E-state index in [0.717, 1.165) is 5.82 Å². The second-order valence-corrected chi connectivity index (χ2v) is 3.32. The van der Waals surface area contributed by atoms with E-state index in [1.807, 2.05) is 0 Å². The Balaban J connectivity index is 2.01. The van der Waals surface area contributed by atoms with Gasteiger partial charge >= 0.3 is 0 Å². The summed E-state index contributed by atoms with van der Waals surface area (Å²) in [6, 6.07) is 6.19. The molecule has 2 rings (SSSR count). The summed E-state index contributed by atoms with van der Waals surface area (Å²) >= 11 is 0. The lowest BCUT2D eigenvalue weighted by Gasteiger charge is -2.06. The van der Waals surface area contributed by atoms with Crippen LogP contribution in [-0.4, -0.2) is 9.97 Å². The minimum atomic E-state index is -2.44. The molecule has 0 unspecified atom stereocenters. The van der Waals surface area contributed by atoms with Crippen LogP contribution in [0.3, 0.4) is 0 Å². The van der Waals surface area contributed by atoms with E-state index in [1.165, 1.54) is 12.1 Å². The number of anilines is 1. The molecule has 0 aliphatic carbocycles. The number of aromatic amines is 1. The van der Waals surface area contributed by atoms with Gasteiger partial charge in [0, 0.05) is 23.6 Å². The van der Waals surface area contributed by atoms with Crippen molar-refractivity contribution < 1.29 is 8.78 Å². The molecule has 0 radical (unpaired) electrons. The predicted molar refractivity (Wildman–Crippen MR) is 57.3 cm³/mol. The molecule has 1 aromatic heterocycles. The predicted octanol–water partition coefficient (Wildman–Crippen LogP) is 2.96. The number of H-pyrrole nitrogens is 1. The first-order valence-electron chi connectivity index (χ1n) is 4.86. The maximum Gasteiger partial charge on any atom is 0.263 e. The van der Waals surface area contributed by atoms with Crippen LogP contribution in [0.15, 0.2) is 36.7 Å². The summed E-state index contributed by atoms with van der Waals surface area (Å²) in [6.07, 6.45) is 0.921. The average Bonchev–Trinajstić information content (AvgIpc) is 2.79. The van der Waals surface area contributed by atoms with E-state index >= 15 is 0 Å². The molecule has 0 aliphatic heterocycles. The largest absolute Gasteiger partial charge is 0.378 e. The van der Waals surface area contributed by atoms with Crippen LogP contribution < -0.4 is 5.32 Å². The van der Waals surface area contributed by atoms with Crippen molar-refractivity contribution in [2.75, 3.05) is 5.32 Å². The van der Waals surface area contributed by atoms with Gasteiger partial charge in [-0.15, -0.1) is 0 Å². The zero-order valence-corrected chi connectivity index (χ0v) is 8.45. The summed E-state index contributed by atoms with van der Waals surface area (Å²) in [6.45, 7) is 0.486. The Kier molecular flexibility index (Phi) is 3.14. The van der Waals surface area contributed by atoms with Crippen LogP contribution in [0.25, 0.3) is 0 Å². The normalized spacial score (nSPS) is 10.7. The second kappa shape index (κ2) is 4.74. The Bertz CT molecular complexity index is 440. The quantitative estimate of drug-likeness (QED) is 0.836. The first-order chi connectivity index (χ1) is 7.75. The lowest BCUT2D eigenvalue weighted by molar-refractivity contribution is 0.151. The molecule has 0 aliphatic rings. The first-order valence-corrected chi connectivity index (χ1v) is 4.86. The monoisotopic (exact) mass is 223 g/mol. The molecule has 0 spiro atoms. The van der Waals surface area contributed by atoms with Crippen LogP contribution in [0.1, 0.15) is 17.8 Å². The van der Waals surface area contributed by atoms with Crippen molar-refractivity contribution in [3.8, 4) is 0 Å². The lowest BCUT2D eigenvalue weighted by atomic mass is 10.2. The SMILES string of the molecule is FC(F)c1cccc(NCc2ncc[nH]2)c1. The zero-order chi connectivity index (χ0) is 11.4. The van der Waals surface area contributed by atoms with E-state index in [9.17, 15) is 8.78 Å². The van der Waals surface area contributed by atoms with Crippen molar-refractivity contribution in [3.05, 3.63) is 48.0 Å². The number of nitrogens with zero attached hydrogens (tertiary/aromatic N) is 1. The van der Waals surface area contributed by atoms with Crippen LogP contribution >= 0.6 is 0 Å². The molecular formula is C11H11F2N3.